The van der Waals surface area contributed by atoms with E-state index in [1.54, 1.807) is 23.3 Å². The topological polar surface area (TPSA) is 116 Å². The highest BCUT2D eigenvalue weighted by Gasteiger charge is 2.32. The summed E-state index contributed by atoms with van der Waals surface area (Å²) in [4.78, 5) is 25.1. The van der Waals surface area contributed by atoms with Crippen molar-refractivity contribution in [1.29, 1.82) is 0 Å². The Balaban J connectivity index is 1.27. The van der Waals surface area contributed by atoms with Crippen LogP contribution in [0.4, 0.5) is 11.6 Å². The van der Waals surface area contributed by atoms with Crippen LogP contribution in [-0.2, 0) is 23.4 Å². The zero-order valence-electron chi connectivity index (χ0n) is 24.1. The van der Waals surface area contributed by atoms with Crippen LogP contribution in [0.5, 0.6) is 0 Å². The van der Waals surface area contributed by atoms with Gasteiger partial charge in [-0.05, 0) is 69.8 Å². The number of benzene rings is 1. The van der Waals surface area contributed by atoms with E-state index in [1.807, 2.05) is 44.6 Å². The van der Waals surface area contributed by atoms with Crippen molar-refractivity contribution in [1.82, 2.24) is 39.6 Å². The van der Waals surface area contributed by atoms with E-state index in [0.29, 0.717) is 24.1 Å². The summed E-state index contributed by atoms with van der Waals surface area (Å²) < 4.78 is 9.13. The van der Waals surface area contributed by atoms with Crippen molar-refractivity contribution in [2.75, 3.05) is 25.1 Å². The molecule has 11 heteroatoms. The summed E-state index contributed by atoms with van der Waals surface area (Å²) >= 11 is 0. The van der Waals surface area contributed by atoms with E-state index in [2.05, 4.69) is 48.8 Å². The molecule has 0 aliphatic carbocycles. The Hall–Kier alpha value is -3.96. The fraction of sp³-hybridized carbons (Fsp3) is 0.467. The number of carbonyl (C=O) groups is 1. The summed E-state index contributed by atoms with van der Waals surface area (Å²) in [5.41, 5.74) is 5.34. The van der Waals surface area contributed by atoms with E-state index in [9.17, 15) is 4.79 Å². The van der Waals surface area contributed by atoms with Crippen LogP contribution in [0.3, 0.4) is 0 Å². The lowest BCUT2D eigenvalue weighted by atomic mass is 9.87. The lowest BCUT2D eigenvalue weighted by molar-refractivity contribution is -0.0677. The molecule has 4 aromatic rings. The number of Topliss-reactive ketones (excluding diaryl/α,β-unsaturated/α-hetero) is 1. The Morgan fingerprint density at radius 3 is 2.73 bits per heavy atom. The Kier molecular flexibility index (Phi) is 7.39. The second kappa shape index (κ2) is 11.1. The predicted molar refractivity (Wildman–Crippen MR) is 155 cm³/mol. The number of carbonyl (C=O) groups excluding carboxylic acids is 1. The Morgan fingerprint density at radius 1 is 1.17 bits per heavy atom. The molecule has 0 radical (unpaired) electrons. The molecule has 2 aliphatic rings. The molecule has 0 bridgehead atoms. The highest BCUT2D eigenvalue weighted by Crippen LogP contribution is 2.36. The standard InChI is InChI=1S/C30H37N9O2/c1-5-38-16-23(14-32-38)33-29-31-10-8-26(34-29)21-6-7-25-20(9-11-37(15-22(25)12-21)24-18-41-19-24)13-28(40)27-17-39(36-35-27)30(2,3)4/h6-8,10,12,14,16-17,20,24H,5,9,11,13,15,18-19H2,1-4H3,(H,31,33,34). The van der Waals surface area contributed by atoms with Crippen molar-refractivity contribution < 1.29 is 9.53 Å². The minimum Gasteiger partial charge on any atom is -0.378 e. The fourth-order valence-corrected chi connectivity index (χ4v) is 5.39. The third kappa shape index (κ3) is 5.91. The third-order valence-corrected chi connectivity index (χ3v) is 7.92. The van der Waals surface area contributed by atoms with Crippen LogP contribution in [0.25, 0.3) is 11.3 Å². The molecule has 0 saturated carbocycles. The lowest BCUT2D eigenvalue weighted by Gasteiger charge is -2.36. The molecule has 214 valence electrons. The highest BCUT2D eigenvalue weighted by molar-refractivity contribution is 5.94. The van der Waals surface area contributed by atoms with Crippen molar-refractivity contribution in [3.8, 4) is 11.3 Å². The Bertz CT molecular complexity index is 1530. The Morgan fingerprint density at radius 2 is 2.02 bits per heavy atom. The molecule has 0 spiro atoms. The number of rotatable bonds is 8. The molecule has 1 saturated heterocycles. The molecule has 3 aromatic heterocycles. The van der Waals surface area contributed by atoms with Gasteiger partial charge in [0, 0.05) is 37.5 Å². The van der Waals surface area contributed by atoms with Gasteiger partial charge in [-0.15, -0.1) is 5.10 Å². The Labute approximate surface area is 239 Å². The van der Waals surface area contributed by atoms with Crippen LogP contribution >= 0.6 is 0 Å². The van der Waals surface area contributed by atoms with Crippen molar-refractivity contribution in [3.05, 3.63) is 65.9 Å². The smallest absolute Gasteiger partial charge is 0.227 e. The number of hydrogen-bond acceptors (Lipinski definition) is 9. The van der Waals surface area contributed by atoms with Gasteiger partial charge in [0.2, 0.25) is 5.95 Å². The van der Waals surface area contributed by atoms with Crippen LogP contribution in [0.2, 0.25) is 0 Å². The van der Waals surface area contributed by atoms with Crippen molar-refractivity contribution in [3.63, 3.8) is 0 Å². The molecule has 41 heavy (non-hydrogen) atoms. The minimum atomic E-state index is -0.226. The van der Waals surface area contributed by atoms with Gasteiger partial charge in [-0.3, -0.25) is 14.4 Å². The molecule has 5 heterocycles. The number of ether oxygens (including phenoxy) is 1. The zero-order chi connectivity index (χ0) is 28.6. The maximum atomic E-state index is 13.4. The number of anilines is 2. The average molecular weight is 556 g/mol. The SMILES string of the molecule is CCn1cc(Nc2nccc(-c3ccc4c(c3)CN(C3COC3)CCC4CC(=O)c3cn(C(C)(C)C)nn3)n2)cn1. The minimum absolute atomic E-state index is 0.0267. The number of ketones is 1. The first-order valence-electron chi connectivity index (χ1n) is 14.3. The van der Waals surface area contributed by atoms with E-state index >= 15 is 0 Å². The molecule has 1 atom stereocenters. The number of aromatic nitrogens is 7. The molecule has 11 nitrogen and oxygen atoms in total. The number of hydrogen-bond donors (Lipinski definition) is 1. The fourth-order valence-electron chi connectivity index (χ4n) is 5.39. The van der Waals surface area contributed by atoms with E-state index in [0.717, 1.165) is 56.2 Å². The highest BCUT2D eigenvalue weighted by atomic mass is 16.5. The van der Waals surface area contributed by atoms with Gasteiger partial charge in [0.15, 0.2) is 5.78 Å². The van der Waals surface area contributed by atoms with Crippen LogP contribution in [0, 0.1) is 0 Å². The van der Waals surface area contributed by atoms with Crippen molar-refractivity contribution in [2.45, 2.75) is 71.1 Å². The molecular formula is C30H37N9O2. The summed E-state index contributed by atoms with van der Waals surface area (Å²) in [5, 5.41) is 16.0. The summed E-state index contributed by atoms with van der Waals surface area (Å²) in [6.07, 6.45) is 8.54. The molecule has 1 fully saturated rings. The van der Waals surface area contributed by atoms with Gasteiger partial charge in [-0.25, -0.2) is 14.6 Å². The lowest BCUT2D eigenvalue weighted by Crippen LogP contribution is -2.48. The molecule has 1 unspecified atom stereocenters. The first-order valence-corrected chi connectivity index (χ1v) is 14.3. The number of nitrogens with zero attached hydrogens (tertiary/aromatic N) is 8. The first-order chi connectivity index (χ1) is 19.8. The summed E-state index contributed by atoms with van der Waals surface area (Å²) in [6, 6.07) is 8.84. The summed E-state index contributed by atoms with van der Waals surface area (Å²) in [7, 11) is 0. The third-order valence-electron chi connectivity index (χ3n) is 7.92. The van der Waals surface area contributed by atoms with Crippen molar-refractivity contribution in [2.24, 2.45) is 0 Å². The van der Waals surface area contributed by atoms with Crippen molar-refractivity contribution >= 4 is 17.4 Å². The zero-order valence-corrected chi connectivity index (χ0v) is 24.1. The first kappa shape index (κ1) is 27.2. The van der Waals surface area contributed by atoms with E-state index < -0.39 is 0 Å². The second-order valence-electron chi connectivity index (χ2n) is 11.9. The van der Waals surface area contributed by atoms with Gasteiger partial charge >= 0.3 is 0 Å². The molecule has 1 N–H and O–H groups in total. The molecule has 1 aromatic carbocycles. The molecule has 0 amide bonds. The maximum absolute atomic E-state index is 13.4. The van der Waals surface area contributed by atoms with Gasteiger partial charge < -0.3 is 10.1 Å². The molecule has 6 rings (SSSR count). The summed E-state index contributed by atoms with van der Waals surface area (Å²) in [5.74, 6) is 0.641. The van der Waals surface area contributed by atoms with E-state index in [4.69, 9.17) is 9.72 Å². The van der Waals surface area contributed by atoms with Crippen LogP contribution < -0.4 is 5.32 Å². The van der Waals surface area contributed by atoms with Gasteiger partial charge in [0.05, 0.1) is 48.6 Å². The normalized spacial score (nSPS) is 18.0. The predicted octanol–water partition coefficient (Wildman–Crippen LogP) is 4.41. The van der Waals surface area contributed by atoms with Gasteiger partial charge in [0.25, 0.3) is 0 Å². The van der Waals surface area contributed by atoms with E-state index in [-0.39, 0.29) is 17.2 Å². The maximum Gasteiger partial charge on any atom is 0.227 e. The van der Waals surface area contributed by atoms with Crippen LogP contribution in [0.15, 0.2) is 49.1 Å². The number of nitrogens with one attached hydrogen (secondary N) is 1. The summed E-state index contributed by atoms with van der Waals surface area (Å²) in [6.45, 7) is 12.2. The number of fused-ring (bicyclic) bond motifs is 1. The average Bonchev–Trinajstić information content (AvgIpc) is 3.57. The van der Waals surface area contributed by atoms with Crippen LogP contribution in [0.1, 0.15) is 68.1 Å². The van der Waals surface area contributed by atoms with Gasteiger partial charge in [-0.2, -0.15) is 5.10 Å². The quantitative estimate of drug-likeness (QED) is 0.316. The van der Waals surface area contributed by atoms with Gasteiger partial charge in [0.1, 0.15) is 5.69 Å². The van der Waals surface area contributed by atoms with E-state index in [1.165, 1.54) is 11.1 Å². The largest absolute Gasteiger partial charge is 0.378 e. The van der Waals surface area contributed by atoms with Gasteiger partial charge in [-0.1, -0.05) is 17.3 Å². The van der Waals surface area contributed by atoms with Crippen LogP contribution in [-0.4, -0.2) is 71.2 Å². The molecule has 2 aliphatic heterocycles. The molecular weight excluding hydrogens is 518 g/mol. The number of aryl methyl sites for hydroxylation is 1. The second-order valence-corrected chi connectivity index (χ2v) is 11.9. The monoisotopic (exact) mass is 555 g/mol.